The number of anilines is 1. The Kier molecular flexibility index (Phi) is 4.28. The van der Waals surface area contributed by atoms with Crippen molar-refractivity contribution in [2.24, 2.45) is 5.92 Å². The van der Waals surface area contributed by atoms with Crippen molar-refractivity contribution in [3.8, 4) is 0 Å². The molecule has 0 saturated carbocycles. The number of benzene rings is 1. The lowest BCUT2D eigenvalue weighted by atomic mass is 9.84. The first kappa shape index (κ1) is 13.4. The van der Waals surface area contributed by atoms with E-state index in [1.165, 1.54) is 5.56 Å². The molecular formula is C16H25NO. The van der Waals surface area contributed by atoms with Crippen molar-refractivity contribution in [3.63, 3.8) is 0 Å². The Morgan fingerprint density at radius 2 is 1.89 bits per heavy atom. The summed E-state index contributed by atoms with van der Waals surface area (Å²) in [4.78, 5) is 0. The molecule has 0 amide bonds. The maximum atomic E-state index is 6.05. The first-order valence-electron chi connectivity index (χ1n) is 7.05. The Balaban J connectivity index is 2.06. The van der Waals surface area contributed by atoms with Gasteiger partial charge in [0.15, 0.2) is 0 Å². The van der Waals surface area contributed by atoms with Gasteiger partial charge in [0.25, 0.3) is 0 Å². The average Bonchev–Trinajstić information content (AvgIpc) is 2.28. The lowest BCUT2D eigenvalue weighted by Crippen LogP contribution is -2.31. The molecule has 2 heteroatoms. The van der Waals surface area contributed by atoms with Crippen LogP contribution >= 0.6 is 0 Å². The van der Waals surface area contributed by atoms with Gasteiger partial charge in [0.1, 0.15) is 0 Å². The van der Waals surface area contributed by atoms with Crippen molar-refractivity contribution in [3.05, 3.63) is 29.8 Å². The van der Waals surface area contributed by atoms with Crippen molar-refractivity contribution in [2.75, 3.05) is 5.73 Å². The molecule has 0 aliphatic carbocycles. The zero-order valence-corrected chi connectivity index (χ0v) is 11.7. The predicted octanol–water partition coefficient (Wildman–Crippen LogP) is 3.97. The third-order valence-corrected chi connectivity index (χ3v) is 3.73. The number of nitrogens with two attached hydrogens (primary N) is 1. The summed E-state index contributed by atoms with van der Waals surface area (Å²) < 4.78 is 6.05. The average molecular weight is 247 g/mol. The minimum atomic E-state index is 0.366. The molecule has 3 unspecified atom stereocenters. The van der Waals surface area contributed by atoms with Crippen LogP contribution in [0.15, 0.2) is 24.3 Å². The summed E-state index contributed by atoms with van der Waals surface area (Å²) in [6.45, 7) is 6.72. The highest BCUT2D eigenvalue weighted by Crippen LogP contribution is 2.35. The second kappa shape index (κ2) is 5.75. The quantitative estimate of drug-likeness (QED) is 0.820. The maximum absolute atomic E-state index is 6.05. The van der Waals surface area contributed by atoms with Crippen molar-refractivity contribution in [1.82, 2.24) is 0 Å². The first-order valence-corrected chi connectivity index (χ1v) is 7.05. The van der Waals surface area contributed by atoms with E-state index < -0.39 is 0 Å². The highest BCUT2D eigenvalue weighted by atomic mass is 16.5. The summed E-state index contributed by atoms with van der Waals surface area (Å²) in [5.41, 5.74) is 8.01. The van der Waals surface area contributed by atoms with Crippen LogP contribution < -0.4 is 5.73 Å². The van der Waals surface area contributed by atoms with Gasteiger partial charge in [0.05, 0.1) is 12.2 Å². The number of hydrogen-bond acceptors (Lipinski definition) is 2. The van der Waals surface area contributed by atoms with E-state index in [4.69, 9.17) is 10.5 Å². The third-order valence-electron chi connectivity index (χ3n) is 3.73. The molecule has 1 heterocycles. The van der Waals surface area contributed by atoms with Gasteiger partial charge in [-0.25, -0.2) is 0 Å². The molecule has 1 aromatic rings. The first-order chi connectivity index (χ1) is 8.54. The number of ether oxygens (including phenoxy) is 1. The Bertz CT molecular complexity index is 369. The van der Waals surface area contributed by atoms with Gasteiger partial charge in [0.2, 0.25) is 0 Å². The molecule has 100 valence electrons. The van der Waals surface area contributed by atoms with Gasteiger partial charge in [-0.2, -0.15) is 0 Å². The van der Waals surface area contributed by atoms with Gasteiger partial charge in [-0.05, 0) is 55.7 Å². The highest BCUT2D eigenvalue weighted by molar-refractivity contribution is 5.40. The molecule has 0 aromatic heterocycles. The molecular weight excluding hydrogens is 222 g/mol. The van der Waals surface area contributed by atoms with E-state index in [2.05, 4.69) is 32.9 Å². The summed E-state index contributed by atoms with van der Waals surface area (Å²) in [6, 6.07) is 8.36. The Morgan fingerprint density at radius 3 is 2.50 bits per heavy atom. The Labute approximate surface area is 111 Å². The van der Waals surface area contributed by atoms with Crippen LogP contribution in [0, 0.1) is 5.92 Å². The van der Waals surface area contributed by atoms with Gasteiger partial charge in [-0.3, -0.25) is 0 Å². The molecule has 1 aliphatic heterocycles. The van der Waals surface area contributed by atoms with Crippen LogP contribution in [-0.2, 0) is 4.74 Å². The molecule has 0 bridgehead atoms. The summed E-state index contributed by atoms with van der Waals surface area (Å²) in [5.74, 6) is 1.32. The van der Waals surface area contributed by atoms with Crippen molar-refractivity contribution >= 4 is 5.69 Å². The topological polar surface area (TPSA) is 35.2 Å². The number of nitrogen functional groups attached to an aromatic ring is 1. The van der Waals surface area contributed by atoms with Crippen molar-refractivity contribution in [2.45, 2.75) is 58.2 Å². The Hall–Kier alpha value is -1.02. The molecule has 1 aliphatic rings. The minimum Gasteiger partial charge on any atom is -0.399 e. The molecule has 2 N–H and O–H groups in total. The summed E-state index contributed by atoms with van der Waals surface area (Å²) in [6.07, 6.45) is 4.21. The van der Waals surface area contributed by atoms with E-state index in [-0.39, 0.29) is 0 Å². The van der Waals surface area contributed by atoms with Gasteiger partial charge in [0, 0.05) is 5.69 Å². The fraction of sp³-hybridized carbons (Fsp3) is 0.625. The molecule has 1 fully saturated rings. The zero-order valence-electron chi connectivity index (χ0n) is 11.7. The van der Waals surface area contributed by atoms with E-state index in [9.17, 15) is 0 Å². The van der Waals surface area contributed by atoms with Crippen LogP contribution in [0.25, 0.3) is 0 Å². The van der Waals surface area contributed by atoms with Crippen LogP contribution in [0.5, 0.6) is 0 Å². The lowest BCUT2D eigenvalue weighted by molar-refractivity contribution is -0.0565. The van der Waals surface area contributed by atoms with E-state index in [0.29, 0.717) is 24.0 Å². The van der Waals surface area contributed by atoms with E-state index in [0.717, 1.165) is 24.9 Å². The molecule has 3 atom stereocenters. The van der Waals surface area contributed by atoms with Crippen LogP contribution in [0.1, 0.15) is 51.5 Å². The molecule has 1 aromatic carbocycles. The van der Waals surface area contributed by atoms with Gasteiger partial charge >= 0.3 is 0 Å². The monoisotopic (exact) mass is 247 g/mol. The second-order valence-corrected chi connectivity index (χ2v) is 6.03. The van der Waals surface area contributed by atoms with Crippen LogP contribution in [0.2, 0.25) is 0 Å². The zero-order chi connectivity index (χ0) is 13.1. The SMILES string of the molecule is CC(C)CC1CC(c2ccc(N)cc2)CC(C)O1. The van der Waals surface area contributed by atoms with Gasteiger partial charge in [-0.1, -0.05) is 26.0 Å². The molecule has 0 spiro atoms. The van der Waals surface area contributed by atoms with E-state index >= 15 is 0 Å². The molecule has 2 rings (SSSR count). The number of hydrogen-bond donors (Lipinski definition) is 1. The fourth-order valence-electron chi connectivity index (χ4n) is 2.97. The molecule has 1 saturated heterocycles. The smallest absolute Gasteiger partial charge is 0.0587 e. The fourth-order valence-corrected chi connectivity index (χ4v) is 2.97. The largest absolute Gasteiger partial charge is 0.399 e. The third kappa shape index (κ3) is 3.49. The molecule has 0 radical (unpaired) electrons. The lowest BCUT2D eigenvalue weighted by Gasteiger charge is -2.35. The highest BCUT2D eigenvalue weighted by Gasteiger charge is 2.28. The predicted molar refractivity (Wildman–Crippen MR) is 76.6 cm³/mol. The summed E-state index contributed by atoms with van der Waals surface area (Å²) in [5, 5.41) is 0. The second-order valence-electron chi connectivity index (χ2n) is 6.03. The maximum Gasteiger partial charge on any atom is 0.0587 e. The standard InChI is InChI=1S/C16H25NO/c1-11(2)8-16-10-14(9-12(3)18-16)13-4-6-15(17)7-5-13/h4-7,11-12,14,16H,8-10,17H2,1-3H3. The van der Waals surface area contributed by atoms with Crippen LogP contribution in [0.3, 0.4) is 0 Å². The van der Waals surface area contributed by atoms with Crippen LogP contribution in [0.4, 0.5) is 5.69 Å². The molecule has 18 heavy (non-hydrogen) atoms. The van der Waals surface area contributed by atoms with E-state index in [1.807, 2.05) is 12.1 Å². The Morgan fingerprint density at radius 1 is 1.22 bits per heavy atom. The number of rotatable bonds is 3. The summed E-state index contributed by atoms with van der Waals surface area (Å²) in [7, 11) is 0. The van der Waals surface area contributed by atoms with E-state index in [1.54, 1.807) is 0 Å². The van der Waals surface area contributed by atoms with Crippen molar-refractivity contribution < 1.29 is 4.74 Å². The summed E-state index contributed by atoms with van der Waals surface area (Å²) >= 11 is 0. The van der Waals surface area contributed by atoms with Gasteiger partial charge < -0.3 is 10.5 Å². The van der Waals surface area contributed by atoms with Crippen molar-refractivity contribution in [1.29, 1.82) is 0 Å². The van der Waals surface area contributed by atoms with Crippen LogP contribution in [-0.4, -0.2) is 12.2 Å². The normalized spacial score (nSPS) is 28.6. The molecule has 2 nitrogen and oxygen atoms in total. The van der Waals surface area contributed by atoms with Gasteiger partial charge in [-0.15, -0.1) is 0 Å². The minimum absolute atomic E-state index is 0.366.